The predicted octanol–water partition coefficient (Wildman–Crippen LogP) is 4.73. The zero-order valence-corrected chi connectivity index (χ0v) is 22.2. The van der Waals surface area contributed by atoms with Crippen molar-refractivity contribution in [1.82, 2.24) is 9.88 Å². The second kappa shape index (κ2) is 12.8. The van der Waals surface area contributed by atoms with Crippen LogP contribution in [-0.4, -0.2) is 57.2 Å². The lowest BCUT2D eigenvalue weighted by Crippen LogP contribution is -2.38. The number of rotatable bonds is 10. The molecule has 0 unspecified atom stereocenters. The molecule has 10 nitrogen and oxygen atoms in total. The lowest BCUT2D eigenvalue weighted by Gasteiger charge is -2.25. The number of para-hydroxylation sites is 1. The van der Waals surface area contributed by atoms with Gasteiger partial charge < -0.3 is 15.2 Å². The van der Waals surface area contributed by atoms with E-state index in [0.29, 0.717) is 23.4 Å². The highest BCUT2D eigenvalue weighted by molar-refractivity contribution is 6.10. The number of aliphatic carboxylic acids is 1. The summed E-state index contributed by atoms with van der Waals surface area (Å²) < 4.78 is 5.16. The average Bonchev–Trinajstić information content (AvgIpc) is 3.37. The van der Waals surface area contributed by atoms with Gasteiger partial charge >= 0.3 is 12.1 Å². The molecular formula is C30H30N4O6. The minimum Gasteiger partial charge on any atom is -0.480 e. The number of amides is 3. The molecule has 1 aliphatic heterocycles. The number of nitrogens with one attached hydrogen (secondary N) is 1. The number of cyclic esters (lactones) is 1. The van der Waals surface area contributed by atoms with Gasteiger partial charge in [0, 0.05) is 29.8 Å². The summed E-state index contributed by atoms with van der Waals surface area (Å²) in [5.41, 5.74) is 2.33. The Bertz CT molecular complexity index is 1410. The molecule has 2 heterocycles. The van der Waals surface area contributed by atoms with E-state index in [0.717, 1.165) is 10.5 Å². The molecule has 0 bridgehead atoms. The number of hydrogen-bond acceptors (Lipinski definition) is 7. The molecule has 0 spiro atoms. The Hall–Kier alpha value is -4.86. The smallest absolute Gasteiger partial charge is 0.417 e. The molecule has 1 saturated heterocycles. The summed E-state index contributed by atoms with van der Waals surface area (Å²) in [4.78, 5) is 60.5. The number of aliphatic imine (C=N–C) groups is 1. The first-order valence-electron chi connectivity index (χ1n) is 12.9. The van der Waals surface area contributed by atoms with Crippen molar-refractivity contribution in [3.05, 3.63) is 95.8 Å². The van der Waals surface area contributed by atoms with Crippen LogP contribution in [0.15, 0.2) is 84.0 Å². The summed E-state index contributed by atoms with van der Waals surface area (Å²) >= 11 is 0. The van der Waals surface area contributed by atoms with Gasteiger partial charge in [-0.3, -0.25) is 19.6 Å². The normalized spacial score (nSPS) is 16.6. The van der Waals surface area contributed by atoms with Crippen molar-refractivity contribution < 1.29 is 29.0 Å². The highest BCUT2D eigenvalue weighted by atomic mass is 16.6. The number of carboxylic acids is 1. The third kappa shape index (κ3) is 6.40. The summed E-state index contributed by atoms with van der Waals surface area (Å²) in [6.45, 7) is 3.46. The van der Waals surface area contributed by atoms with Gasteiger partial charge in [-0.25, -0.2) is 14.5 Å². The lowest BCUT2D eigenvalue weighted by molar-refractivity contribution is -0.140. The molecule has 3 aromatic rings. The third-order valence-corrected chi connectivity index (χ3v) is 6.78. The van der Waals surface area contributed by atoms with Gasteiger partial charge in [0.15, 0.2) is 6.04 Å². The molecule has 1 fully saturated rings. The van der Waals surface area contributed by atoms with Crippen LogP contribution in [0, 0.1) is 5.92 Å². The van der Waals surface area contributed by atoms with Crippen molar-refractivity contribution in [2.45, 2.75) is 38.8 Å². The van der Waals surface area contributed by atoms with E-state index in [-0.39, 0.29) is 18.7 Å². The molecule has 1 aliphatic rings. The van der Waals surface area contributed by atoms with E-state index < -0.39 is 41.9 Å². The molecule has 0 saturated carbocycles. The Balaban J connectivity index is 1.56. The van der Waals surface area contributed by atoms with Crippen molar-refractivity contribution in [3.63, 3.8) is 0 Å². The zero-order valence-electron chi connectivity index (χ0n) is 22.2. The summed E-state index contributed by atoms with van der Waals surface area (Å²) in [6, 6.07) is 19.1. The van der Waals surface area contributed by atoms with Crippen LogP contribution in [0.1, 0.15) is 54.3 Å². The fourth-order valence-corrected chi connectivity index (χ4v) is 4.65. The first-order valence-corrected chi connectivity index (χ1v) is 12.9. The number of carbonyl (C=O) groups excluding carboxylic acids is 3. The van der Waals surface area contributed by atoms with Crippen LogP contribution < -0.4 is 5.32 Å². The summed E-state index contributed by atoms with van der Waals surface area (Å²) in [5, 5.41) is 12.9. The predicted molar refractivity (Wildman–Crippen MR) is 148 cm³/mol. The lowest BCUT2D eigenvalue weighted by atomic mass is 9.92. The van der Waals surface area contributed by atoms with Gasteiger partial charge in [-0.05, 0) is 30.7 Å². The molecule has 2 N–H and O–H groups in total. The average molecular weight is 543 g/mol. The molecule has 0 aliphatic carbocycles. The van der Waals surface area contributed by atoms with Gasteiger partial charge in [0.2, 0.25) is 5.91 Å². The van der Waals surface area contributed by atoms with Crippen LogP contribution in [0.25, 0.3) is 0 Å². The molecule has 4 rings (SSSR count). The Morgan fingerprint density at radius 1 is 1.07 bits per heavy atom. The third-order valence-electron chi connectivity index (χ3n) is 6.78. The van der Waals surface area contributed by atoms with E-state index >= 15 is 0 Å². The number of imide groups is 1. The number of carboxylic acid groups (broad SMARTS) is 1. The van der Waals surface area contributed by atoms with Gasteiger partial charge in [-0.2, -0.15) is 0 Å². The molecular weight excluding hydrogens is 512 g/mol. The van der Waals surface area contributed by atoms with Crippen LogP contribution in [0.3, 0.4) is 0 Å². The van der Waals surface area contributed by atoms with E-state index in [1.807, 2.05) is 30.3 Å². The summed E-state index contributed by atoms with van der Waals surface area (Å²) in [6.07, 6.45) is 0.885. The van der Waals surface area contributed by atoms with E-state index in [9.17, 15) is 24.3 Å². The maximum atomic E-state index is 13.3. The van der Waals surface area contributed by atoms with Crippen LogP contribution in [-0.2, 0) is 14.3 Å². The first-order chi connectivity index (χ1) is 19.3. The first kappa shape index (κ1) is 28.2. The molecule has 3 amide bonds. The number of pyridine rings is 1. The topological polar surface area (TPSA) is 138 Å². The highest BCUT2D eigenvalue weighted by Gasteiger charge is 2.40. The Kier molecular flexibility index (Phi) is 9.00. The second-order valence-corrected chi connectivity index (χ2v) is 9.35. The van der Waals surface area contributed by atoms with Gasteiger partial charge in [0.05, 0.1) is 5.69 Å². The number of nitrogens with zero attached hydrogens (tertiary/aromatic N) is 3. The van der Waals surface area contributed by atoms with Crippen LogP contribution in [0.5, 0.6) is 0 Å². The van der Waals surface area contributed by atoms with Crippen molar-refractivity contribution in [1.29, 1.82) is 0 Å². The van der Waals surface area contributed by atoms with E-state index in [1.54, 1.807) is 56.3 Å². The number of benzene rings is 2. The van der Waals surface area contributed by atoms with Crippen molar-refractivity contribution >= 4 is 35.3 Å². The molecule has 10 heteroatoms. The highest BCUT2D eigenvalue weighted by Crippen LogP contribution is 2.30. The number of anilines is 1. The number of carbonyl (C=O) groups is 4. The van der Waals surface area contributed by atoms with Crippen LogP contribution >= 0.6 is 0 Å². The number of aromatic nitrogens is 1. The maximum absolute atomic E-state index is 13.3. The van der Waals surface area contributed by atoms with Crippen molar-refractivity contribution in [3.8, 4) is 0 Å². The van der Waals surface area contributed by atoms with Gasteiger partial charge in [0.25, 0.3) is 5.91 Å². The molecule has 2 aromatic carbocycles. The summed E-state index contributed by atoms with van der Waals surface area (Å²) in [7, 11) is 0. The second-order valence-electron chi connectivity index (χ2n) is 9.35. The van der Waals surface area contributed by atoms with Crippen molar-refractivity contribution in [2.24, 2.45) is 10.9 Å². The Labute approximate surface area is 231 Å². The van der Waals surface area contributed by atoms with E-state index in [2.05, 4.69) is 15.3 Å². The van der Waals surface area contributed by atoms with Gasteiger partial charge in [-0.1, -0.05) is 67.9 Å². The quantitative estimate of drug-likeness (QED) is 0.353. The van der Waals surface area contributed by atoms with Gasteiger partial charge in [0.1, 0.15) is 18.3 Å². The molecule has 206 valence electrons. The van der Waals surface area contributed by atoms with E-state index in [1.165, 1.54) is 6.20 Å². The molecule has 3 atom stereocenters. The van der Waals surface area contributed by atoms with Crippen molar-refractivity contribution in [2.75, 3.05) is 11.9 Å². The van der Waals surface area contributed by atoms with E-state index in [4.69, 9.17) is 4.74 Å². The SMILES string of the molecule is CC[C@H](CC(=O)N1C(=O)OC[C@H]1c1ccccc1)[C@@H](N=C(C)c1ccccc1NC(=O)c1ccccn1)C(=O)O. The Morgan fingerprint density at radius 3 is 2.45 bits per heavy atom. The Morgan fingerprint density at radius 2 is 1.77 bits per heavy atom. The summed E-state index contributed by atoms with van der Waals surface area (Å²) in [5.74, 6) is -2.83. The largest absolute Gasteiger partial charge is 0.480 e. The molecule has 0 radical (unpaired) electrons. The fourth-order valence-electron chi connectivity index (χ4n) is 4.65. The fraction of sp³-hybridized carbons (Fsp3) is 0.267. The minimum absolute atomic E-state index is 0.0337. The number of ether oxygens (including phenoxy) is 1. The number of hydrogen-bond donors (Lipinski definition) is 2. The van der Waals surface area contributed by atoms with Crippen LogP contribution in [0.2, 0.25) is 0 Å². The minimum atomic E-state index is -1.26. The standard InChI is InChI=1S/C30H30N4O6/c1-3-20(17-26(35)34-25(18-40-30(34)39)21-11-5-4-6-12-21)27(29(37)38)32-19(2)22-13-7-8-14-23(22)33-28(36)24-15-9-10-16-31-24/h4-16,20,25,27H,3,17-18H2,1-2H3,(H,33,36)(H,37,38)/t20-,25+,27-/m1/s1. The molecule has 40 heavy (non-hydrogen) atoms. The van der Waals surface area contributed by atoms with Gasteiger partial charge in [-0.15, -0.1) is 0 Å². The zero-order chi connectivity index (χ0) is 28.6. The maximum Gasteiger partial charge on any atom is 0.417 e. The van der Waals surface area contributed by atoms with Crippen LogP contribution in [0.4, 0.5) is 10.5 Å². The monoisotopic (exact) mass is 542 g/mol. The molecule has 1 aromatic heterocycles.